The molecule has 0 N–H and O–H groups in total. The second kappa shape index (κ2) is 4.58. The normalized spacial score (nSPS) is 9.75. The quantitative estimate of drug-likeness (QED) is 0.584. The predicted molar refractivity (Wildman–Crippen MR) is 55.8 cm³/mol. The Morgan fingerprint density at radius 2 is 2.42 bits per heavy atom. The van der Waals surface area contributed by atoms with E-state index in [-0.39, 0.29) is 5.78 Å². The summed E-state index contributed by atoms with van der Waals surface area (Å²) in [6.07, 6.45) is 3.09. The number of hydrogen-bond donors (Lipinski definition) is 0. The highest BCUT2D eigenvalue weighted by Gasteiger charge is 2.06. The molecule has 0 aliphatic heterocycles. The van der Waals surface area contributed by atoms with Crippen molar-refractivity contribution in [3.05, 3.63) is 33.5 Å². The van der Waals surface area contributed by atoms with Crippen LogP contribution < -0.4 is 0 Å². The molecule has 0 amide bonds. The van der Waals surface area contributed by atoms with Crippen LogP contribution in [0.5, 0.6) is 0 Å². The monoisotopic (exact) mass is 244 g/mol. The van der Waals surface area contributed by atoms with Gasteiger partial charge in [0.05, 0.1) is 8.66 Å². The van der Waals surface area contributed by atoms with Crippen molar-refractivity contribution in [3.8, 4) is 0 Å². The Labute approximate surface area is 84.2 Å². The summed E-state index contributed by atoms with van der Waals surface area (Å²) in [6, 6.07) is 3.74. The summed E-state index contributed by atoms with van der Waals surface area (Å²) in [7, 11) is 0. The largest absolute Gasteiger partial charge is 0.293 e. The second-order valence-corrected chi connectivity index (χ2v) is 4.82. The summed E-state index contributed by atoms with van der Waals surface area (Å²) in [5, 5.41) is 0. The first-order chi connectivity index (χ1) is 5.74. The van der Waals surface area contributed by atoms with E-state index >= 15 is 0 Å². The molecule has 0 aliphatic carbocycles. The number of Topliss-reactive ketones (excluding diaryl/α,β-unsaturated/α-hetero) is 1. The minimum atomic E-state index is 0.200. The lowest BCUT2D eigenvalue weighted by Gasteiger charge is -1.91. The van der Waals surface area contributed by atoms with Crippen molar-refractivity contribution in [3.63, 3.8) is 0 Å². The van der Waals surface area contributed by atoms with Gasteiger partial charge in [-0.25, -0.2) is 0 Å². The Hall–Kier alpha value is -0.410. The predicted octanol–water partition coefficient (Wildman–Crippen LogP) is 3.66. The van der Waals surface area contributed by atoms with Gasteiger partial charge in [0, 0.05) is 6.42 Å². The van der Waals surface area contributed by atoms with Crippen molar-refractivity contribution in [2.45, 2.75) is 12.8 Å². The first kappa shape index (κ1) is 9.68. The van der Waals surface area contributed by atoms with Crippen LogP contribution in [0.4, 0.5) is 0 Å². The Kier molecular flexibility index (Phi) is 3.69. The fourth-order valence-corrected chi connectivity index (χ4v) is 2.17. The minimum absolute atomic E-state index is 0.200. The molecule has 1 aromatic heterocycles. The van der Waals surface area contributed by atoms with E-state index in [0.29, 0.717) is 6.42 Å². The Morgan fingerprint density at radius 3 is 2.92 bits per heavy atom. The van der Waals surface area contributed by atoms with Crippen LogP contribution in [0.1, 0.15) is 22.5 Å². The molecule has 12 heavy (non-hydrogen) atoms. The molecule has 0 bridgehead atoms. The van der Waals surface area contributed by atoms with Crippen molar-refractivity contribution in [1.82, 2.24) is 0 Å². The zero-order valence-electron chi connectivity index (χ0n) is 6.55. The summed E-state index contributed by atoms with van der Waals surface area (Å²) < 4.78 is 1.00. The number of thiophene rings is 1. The molecular weight excluding hydrogens is 236 g/mol. The maximum Gasteiger partial charge on any atom is 0.173 e. The highest BCUT2D eigenvalue weighted by molar-refractivity contribution is 9.11. The maximum atomic E-state index is 11.4. The van der Waals surface area contributed by atoms with E-state index in [1.54, 1.807) is 6.08 Å². The van der Waals surface area contributed by atoms with Crippen molar-refractivity contribution in [2.24, 2.45) is 0 Å². The first-order valence-corrected chi connectivity index (χ1v) is 5.24. The van der Waals surface area contributed by atoms with Gasteiger partial charge < -0.3 is 0 Å². The molecule has 0 aliphatic rings. The molecule has 0 unspecified atom stereocenters. The number of rotatable bonds is 4. The minimum Gasteiger partial charge on any atom is -0.293 e. The Morgan fingerprint density at radius 1 is 1.67 bits per heavy atom. The standard InChI is InChI=1S/C9H9BrOS/c1-2-3-4-7(11)8-5-6-9(10)12-8/h2,5-6H,1,3-4H2. The average molecular weight is 245 g/mol. The molecule has 1 aromatic rings. The molecule has 1 nitrogen and oxygen atoms in total. The van der Waals surface area contributed by atoms with E-state index in [9.17, 15) is 4.79 Å². The number of carbonyl (C=O) groups excluding carboxylic acids is 1. The van der Waals surface area contributed by atoms with Gasteiger partial charge in [-0.1, -0.05) is 6.08 Å². The number of halogens is 1. The molecule has 0 aromatic carbocycles. The zero-order valence-corrected chi connectivity index (χ0v) is 8.95. The summed E-state index contributed by atoms with van der Waals surface area (Å²) in [6.45, 7) is 3.57. The van der Waals surface area contributed by atoms with Gasteiger partial charge in [0.15, 0.2) is 5.78 Å². The van der Waals surface area contributed by atoms with Crippen LogP contribution in [0.25, 0.3) is 0 Å². The number of carbonyl (C=O) groups is 1. The van der Waals surface area contributed by atoms with Crippen molar-refractivity contribution >= 4 is 33.0 Å². The lowest BCUT2D eigenvalue weighted by Crippen LogP contribution is -1.93. The molecule has 0 radical (unpaired) electrons. The molecule has 0 spiro atoms. The molecule has 0 saturated heterocycles. The fraction of sp³-hybridized carbons (Fsp3) is 0.222. The molecule has 3 heteroatoms. The van der Waals surface area contributed by atoms with Crippen LogP contribution in [-0.2, 0) is 0 Å². The summed E-state index contributed by atoms with van der Waals surface area (Å²) >= 11 is 4.79. The highest BCUT2D eigenvalue weighted by atomic mass is 79.9. The Bertz CT molecular complexity index is 290. The maximum absolute atomic E-state index is 11.4. The van der Waals surface area contributed by atoms with Gasteiger partial charge in [0.1, 0.15) is 0 Å². The molecule has 64 valence electrons. The molecule has 1 rings (SSSR count). The topological polar surface area (TPSA) is 17.1 Å². The van der Waals surface area contributed by atoms with Crippen LogP contribution in [0.3, 0.4) is 0 Å². The first-order valence-electron chi connectivity index (χ1n) is 3.63. The molecular formula is C9H9BrOS. The fourth-order valence-electron chi connectivity index (χ4n) is 0.821. The van der Waals surface area contributed by atoms with Gasteiger partial charge in [-0.2, -0.15) is 0 Å². The Balaban J connectivity index is 2.59. The number of hydrogen-bond acceptors (Lipinski definition) is 2. The van der Waals surface area contributed by atoms with E-state index in [4.69, 9.17) is 0 Å². The summed E-state index contributed by atoms with van der Waals surface area (Å²) in [4.78, 5) is 12.2. The third kappa shape index (κ3) is 2.57. The van der Waals surface area contributed by atoms with Crippen LogP contribution >= 0.6 is 27.3 Å². The van der Waals surface area contributed by atoms with Crippen molar-refractivity contribution in [1.29, 1.82) is 0 Å². The van der Waals surface area contributed by atoms with E-state index in [0.717, 1.165) is 15.1 Å². The van der Waals surface area contributed by atoms with Crippen LogP contribution in [0.2, 0.25) is 0 Å². The molecule has 1 heterocycles. The lowest BCUT2D eigenvalue weighted by molar-refractivity contribution is 0.0987. The van der Waals surface area contributed by atoms with Gasteiger partial charge >= 0.3 is 0 Å². The average Bonchev–Trinajstić information content (AvgIpc) is 2.47. The van der Waals surface area contributed by atoms with Gasteiger partial charge in [0.2, 0.25) is 0 Å². The van der Waals surface area contributed by atoms with Crippen LogP contribution in [0.15, 0.2) is 28.6 Å². The van der Waals surface area contributed by atoms with Crippen molar-refractivity contribution < 1.29 is 4.79 Å². The van der Waals surface area contributed by atoms with Gasteiger partial charge in [0.25, 0.3) is 0 Å². The SMILES string of the molecule is C=CCCC(=O)c1ccc(Br)s1. The van der Waals surface area contributed by atoms with E-state index < -0.39 is 0 Å². The zero-order chi connectivity index (χ0) is 8.97. The molecule has 0 fully saturated rings. The van der Waals surface area contributed by atoms with Gasteiger partial charge in [-0.3, -0.25) is 4.79 Å². The summed E-state index contributed by atoms with van der Waals surface area (Å²) in [5.74, 6) is 0.200. The van der Waals surface area contributed by atoms with Crippen LogP contribution in [-0.4, -0.2) is 5.78 Å². The highest BCUT2D eigenvalue weighted by Crippen LogP contribution is 2.23. The smallest absolute Gasteiger partial charge is 0.173 e. The third-order valence-electron chi connectivity index (χ3n) is 1.42. The second-order valence-electron chi connectivity index (χ2n) is 2.35. The number of allylic oxidation sites excluding steroid dienone is 1. The molecule has 0 atom stereocenters. The van der Waals surface area contributed by atoms with E-state index in [2.05, 4.69) is 22.5 Å². The van der Waals surface area contributed by atoms with E-state index in [1.807, 2.05) is 12.1 Å². The van der Waals surface area contributed by atoms with Gasteiger partial charge in [-0.15, -0.1) is 17.9 Å². The third-order valence-corrected chi connectivity index (χ3v) is 3.09. The lowest BCUT2D eigenvalue weighted by atomic mass is 10.2. The van der Waals surface area contributed by atoms with Gasteiger partial charge in [-0.05, 0) is 34.5 Å². The van der Waals surface area contributed by atoms with Crippen molar-refractivity contribution in [2.75, 3.05) is 0 Å². The summed E-state index contributed by atoms with van der Waals surface area (Å²) in [5.41, 5.74) is 0. The molecule has 0 saturated carbocycles. The van der Waals surface area contributed by atoms with Crippen LogP contribution in [0, 0.1) is 0 Å². The number of ketones is 1. The van der Waals surface area contributed by atoms with E-state index in [1.165, 1.54) is 11.3 Å².